The molecule has 3 nitrogen and oxygen atoms in total. The van der Waals surface area contributed by atoms with E-state index in [1.807, 2.05) is 30.3 Å². The number of halogens is 1. The van der Waals surface area contributed by atoms with Crippen molar-refractivity contribution in [2.45, 2.75) is 10.6 Å². The van der Waals surface area contributed by atoms with Crippen molar-refractivity contribution in [1.82, 2.24) is 9.97 Å². The molecule has 0 amide bonds. The Kier molecular flexibility index (Phi) is 4.23. The Balaban J connectivity index is 2.06. The Morgan fingerprint density at radius 3 is 2.71 bits per heavy atom. The number of hydrogen-bond acceptors (Lipinski definition) is 4. The van der Waals surface area contributed by atoms with Crippen LogP contribution in [0.5, 0.6) is 5.88 Å². The molecule has 0 aliphatic rings. The monoisotopic (exact) mass is 266 g/mol. The second-order valence-corrected chi connectivity index (χ2v) is 4.69. The number of aromatic nitrogens is 2. The summed E-state index contributed by atoms with van der Waals surface area (Å²) in [6.45, 7) is 0. The van der Waals surface area contributed by atoms with E-state index < -0.39 is 0 Å². The van der Waals surface area contributed by atoms with Crippen LogP contribution in [0.25, 0.3) is 0 Å². The highest BCUT2D eigenvalue weighted by molar-refractivity contribution is 7.98. The third-order valence-electron chi connectivity index (χ3n) is 2.04. The highest BCUT2D eigenvalue weighted by Crippen LogP contribution is 2.22. The third kappa shape index (κ3) is 3.61. The van der Waals surface area contributed by atoms with Crippen molar-refractivity contribution in [3.63, 3.8) is 0 Å². The van der Waals surface area contributed by atoms with Gasteiger partial charge in [-0.15, -0.1) is 11.8 Å². The van der Waals surface area contributed by atoms with Gasteiger partial charge in [0.25, 0.3) is 0 Å². The second-order valence-electron chi connectivity index (χ2n) is 3.25. The van der Waals surface area contributed by atoms with Crippen LogP contribution in [0.3, 0.4) is 0 Å². The first kappa shape index (κ1) is 12.2. The van der Waals surface area contributed by atoms with Gasteiger partial charge in [-0.05, 0) is 12.1 Å². The quantitative estimate of drug-likeness (QED) is 0.627. The standard InChI is InChI=1S/C12H11ClN2OS/c1-16-12-7-10(13)14-11(15-12)8-17-9-5-3-2-4-6-9/h2-7H,8H2,1H3. The van der Waals surface area contributed by atoms with Gasteiger partial charge in [-0.3, -0.25) is 0 Å². The molecular weight excluding hydrogens is 256 g/mol. The van der Waals surface area contributed by atoms with Crippen LogP contribution in [-0.2, 0) is 5.75 Å². The summed E-state index contributed by atoms with van der Waals surface area (Å²) in [7, 11) is 1.56. The number of benzene rings is 1. The zero-order chi connectivity index (χ0) is 12.1. The highest BCUT2D eigenvalue weighted by atomic mass is 35.5. The Morgan fingerprint density at radius 1 is 1.24 bits per heavy atom. The molecule has 2 rings (SSSR count). The van der Waals surface area contributed by atoms with Crippen molar-refractivity contribution >= 4 is 23.4 Å². The molecule has 0 aliphatic heterocycles. The van der Waals surface area contributed by atoms with E-state index in [2.05, 4.69) is 9.97 Å². The lowest BCUT2D eigenvalue weighted by Crippen LogP contribution is -1.96. The van der Waals surface area contributed by atoms with Crippen molar-refractivity contribution in [3.05, 3.63) is 47.4 Å². The first-order valence-electron chi connectivity index (χ1n) is 5.03. The maximum absolute atomic E-state index is 5.87. The van der Waals surface area contributed by atoms with Gasteiger partial charge in [0.2, 0.25) is 5.88 Å². The van der Waals surface area contributed by atoms with Crippen LogP contribution < -0.4 is 4.74 Å². The Labute approximate surface area is 109 Å². The van der Waals surface area contributed by atoms with E-state index in [1.54, 1.807) is 24.9 Å². The zero-order valence-corrected chi connectivity index (χ0v) is 10.8. The van der Waals surface area contributed by atoms with Crippen molar-refractivity contribution in [2.24, 2.45) is 0 Å². The van der Waals surface area contributed by atoms with E-state index in [1.165, 1.54) is 4.90 Å². The highest BCUT2D eigenvalue weighted by Gasteiger charge is 2.04. The number of methoxy groups -OCH3 is 1. The zero-order valence-electron chi connectivity index (χ0n) is 9.26. The van der Waals surface area contributed by atoms with Crippen molar-refractivity contribution in [1.29, 1.82) is 0 Å². The molecule has 0 atom stereocenters. The molecule has 1 aromatic heterocycles. The fraction of sp³-hybridized carbons (Fsp3) is 0.167. The smallest absolute Gasteiger partial charge is 0.217 e. The van der Waals surface area contributed by atoms with E-state index in [-0.39, 0.29) is 0 Å². The lowest BCUT2D eigenvalue weighted by Gasteiger charge is -2.04. The van der Waals surface area contributed by atoms with Crippen LogP contribution in [0, 0.1) is 0 Å². The molecule has 0 saturated carbocycles. The minimum absolute atomic E-state index is 0.403. The largest absolute Gasteiger partial charge is 0.481 e. The predicted molar refractivity (Wildman–Crippen MR) is 69.6 cm³/mol. The summed E-state index contributed by atoms with van der Waals surface area (Å²) in [5.74, 6) is 1.83. The summed E-state index contributed by atoms with van der Waals surface area (Å²) in [5.41, 5.74) is 0. The van der Waals surface area contributed by atoms with Gasteiger partial charge in [-0.2, -0.15) is 4.98 Å². The Morgan fingerprint density at radius 2 is 2.00 bits per heavy atom. The minimum Gasteiger partial charge on any atom is -0.481 e. The molecule has 0 radical (unpaired) electrons. The first-order valence-corrected chi connectivity index (χ1v) is 6.39. The molecule has 17 heavy (non-hydrogen) atoms. The third-order valence-corrected chi connectivity index (χ3v) is 3.24. The van der Waals surface area contributed by atoms with Crippen LogP contribution >= 0.6 is 23.4 Å². The average Bonchev–Trinajstić information content (AvgIpc) is 2.37. The van der Waals surface area contributed by atoms with E-state index >= 15 is 0 Å². The number of nitrogens with zero attached hydrogens (tertiary/aromatic N) is 2. The number of rotatable bonds is 4. The van der Waals surface area contributed by atoms with Gasteiger partial charge < -0.3 is 4.74 Å². The summed E-state index contributed by atoms with van der Waals surface area (Å²) in [6, 6.07) is 11.7. The van der Waals surface area contributed by atoms with E-state index in [4.69, 9.17) is 16.3 Å². The topological polar surface area (TPSA) is 35.0 Å². The SMILES string of the molecule is COc1cc(Cl)nc(CSc2ccccc2)n1. The van der Waals surface area contributed by atoms with Crippen LogP contribution in [0.1, 0.15) is 5.82 Å². The lowest BCUT2D eigenvalue weighted by molar-refractivity contribution is 0.395. The number of hydrogen-bond donors (Lipinski definition) is 0. The molecule has 1 heterocycles. The van der Waals surface area contributed by atoms with E-state index in [9.17, 15) is 0 Å². The predicted octanol–water partition coefficient (Wildman–Crippen LogP) is 3.43. The molecule has 2 aromatic rings. The fourth-order valence-corrected chi connectivity index (χ4v) is 2.24. The summed E-state index contributed by atoms with van der Waals surface area (Å²) < 4.78 is 5.04. The van der Waals surface area contributed by atoms with Gasteiger partial charge >= 0.3 is 0 Å². The van der Waals surface area contributed by atoms with Gasteiger partial charge in [0.15, 0.2) is 0 Å². The molecule has 0 unspecified atom stereocenters. The molecule has 0 aliphatic carbocycles. The van der Waals surface area contributed by atoms with Gasteiger partial charge in [-0.1, -0.05) is 29.8 Å². The van der Waals surface area contributed by atoms with Crippen molar-refractivity contribution in [3.8, 4) is 5.88 Å². The molecule has 0 N–H and O–H groups in total. The lowest BCUT2D eigenvalue weighted by atomic mass is 10.4. The van der Waals surface area contributed by atoms with Crippen molar-refractivity contribution in [2.75, 3.05) is 7.11 Å². The normalized spacial score (nSPS) is 10.2. The summed E-state index contributed by atoms with van der Waals surface area (Å²) >= 11 is 7.53. The van der Waals surface area contributed by atoms with Crippen LogP contribution in [0.15, 0.2) is 41.3 Å². The first-order chi connectivity index (χ1) is 8.28. The van der Waals surface area contributed by atoms with E-state index in [0.717, 1.165) is 0 Å². The van der Waals surface area contributed by atoms with E-state index in [0.29, 0.717) is 22.6 Å². The van der Waals surface area contributed by atoms with Crippen LogP contribution in [-0.4, -0.2) is 17.1 Å². The minimum atomic E-state index is 0.403. The molecule has 0 bridgehead atoms. The van der Waals surface area contributed by atoms with Gasteiger partial charge in [-0.25, -0.2) is 4.98 Å². The Bertz CT molecular complexity index is 493. The van der Waals surface area contributed by atoms with Crippen LogP contribution in [0.4, 0.5) is 0 Å². The number of ether oxygens (including phenoxy) is 1. The van der Waals surface area contributed by atoms with Crippen LogP contribution in [0.2, 0.25) is 5.15 Å². The molecule has 5 heteroatoms. The summed E-state index contributed by atoms with van der Waals surface area (Å²) in [4.78, 5) is 9.55. The van der Waals surface area contributed by atoms with Gasteiger partial charge in [0.05, 0.1) is 12.9 Å². The molecule has 0 saturated heterocycles. The summed E-state index contributed by atoms with van der Waals surface area (Å²) in [6.07, 6.45) is 0. The second kappa shape index (κ2) is 5.89. The number of thioether (sulfide) groups is 1. The molecule has 0 spiro atoms. The van der Waals surface area contributed by atoms with Gasteiger partial charge in [0, 0.05) is 11.0 Å². The maximum atomic E-state index is 5.87. The maximum Gasteiger partial charge on any atom is 0.217 e. The summed E-state index contributed by atoms with van der Waals surface area (Å²) in [5, 5.41) is 0.403. The Hall–Kier alpha value is -1.26. The molecular formula is C12H11ClN2OS. The average molecular weight is 267 g/mol. The fourth-order valence-electron chi connectivity index (χ4n) is 1.28. The molecule has 1 aromatic carbocycles. The molecule has 88 valence electrons. The molecule has 0 fully saturated rings. The van der Waals surface area contributed by atoms with Crippen molar-refractivity contribution < 1.29 is 4.74 Å². The van der Waals surface area contributed by atoms with Gasteiger partial charge in [0.1, 0.15) is 11.0 Å².